The van der Waals surface area contributed by atoms with Crippen molar-refractivity contribution < 1.29 is 14.3 Å². The molecule has 0 unspecified atom stereocenters. The van der Waals surface area contributed by atoms with Crippen LogP contribution in [0.25, 0.3) is 11.2 Å². The minimum absolute atomic E-state index is 0.00893. The summed E-state index contributed by atoms with van der Waals surface area (Å²) in [6.45, 7) is 0. The highest BCUT2D eigenvalue weighted by atomic mass is 35.5. The fraction of sp³-hybridized carbons (Fsp3) is 0.500. The summed E-state index contributed by atoms with van der Waals surface area (Å²) in [6, 6.07) is 2.44. The Bertz CT molecular complexity index is 1260. The van der Waals surface area contributed by atoms with Gasteiger partial charge in [-0.2, -0.15) is 4.98 Å². The number of primary amides is 1. The first kappa shape index (κ1) is 25.0. The van der Waals surface area contributed by atoms with Gasteiger partial charge in [0.2, 0.25) is 17.8 Å². The topological polar surface area (TPSA) is 131 Å². The highest BCUT2D eigenvalue weighted by Gasteiger charge is 2.30. The van der Waals surface area contributed by atoms with Crippen LogP contribution in [0.3, 0.4) is 0 Å². The van der Waals surface area contributed by atoms with Gasteiger partial charge in [0.15, 0.2) is 5.65 Å². The molecule has 192 valence electrons. The summed E-state index contributed by atoms with van der Waals surface area (Å²) in [6.07, 6.45) is 7.38. The third-order valence-corrected chi connectivity index (χ3v) is 7.72. The van der Waals surface area contributed by atoms with Crippen molar-refractivity contribution in [1.82, 2.24) is 19.5 Å². The molecule has 1 aromatic carbocycles. The maximum Gasteiger partial charge on any atom is 0.224 e. The third kappa shape index (κ3) is 5.21. The lowest BCUT2D eigenvalue weighted by Crippen LogP contribution is -2.30. The van der Waals surface area contributed by atoms with E-state index in [-0.39, 0.29) is 40.1 Å². The standard InChI is InChI=1S/C24H28Cl2FN7O2/c25-17-8-13(27)9-18(26)20(17)32-24-31-19-11-29-23(30-14-2-1-3-16(35)10-14)33-22(19)34(24)15-6-4-12(5-7-15)21(28)36/h8-9,11-12,14-16,35H,1-7,10H2,(H2,28,36)(H,31,32)(H,29,30,33)/t12?,14-,15?,16+/m0/s1. The Morgan fingerprint density at radius 3 is 2.50 bits per heavy atom. The first-order chi connectivity index (χ1) is 17.3. The van der Waals surface area contributed by atoms with Gasteiger partial charge in [-0.25, -0.2) is 14.4 Å². The number of aliphatic hydroxyl groups excluding tert-OH is 1. The fourth-order valence-electron chi connectivity index (χ4n) is 5.26. The number of anilines is 3. The average Bonchev–Trinajstić information content (AvgIpc) is 3.18. The number of nitrogens with one attached hydrogen (secondary N) is 2. The van der Waals surface area contributed by atoms with Crippen molar-refractivity contribution in [3.05, 3.63) is 34.2 Å². The molecule has 3 aromatic rings. The molecule has 9 nitrogen and oxygen atoms in total. The number of carbonyl (C=O) groups is 1. The molecular weight excluding hydrogens is 508 g/mol. The largest absolute Gasteiger partial charge is 0.393 e. The molecule has 0 bridgehead atoms. The van der Waals surface area contributed by atoms with Gasteiger partial charge in [-0.3, -0.25) is 9.36 Å². The maximum atomic E-state index is 13.8. The number of hydrogen-bond donors (Lipinski definition) is 4. The van der Waals surface area contributed by atoms with Crippen LogP contribution >= 0.6 is 23.2 Å². The van der Waals surface area contributed by atoms with E-state index in [1.54, 1.807) is 6.20 Å². The van der Waals surface area contributed by atoms with E-state index in [9.17, 15) is 14.3 Å². The summed E-state index contributed by atoms with van der Waals surface area (Å²) in [5.74, 6) is -0.0719. The lowest BCUT2D eigenvalue weighted by Gasteiger charge is -2.29. The zero-order valence-electron chi connectivity index (χ0n) is 19.6. The van der Waals surface area contributed by atoms with E-state index in [2.05, 4.69) is 15.6 Å². The summed E-state index contributed by atoms with van der Waals surface area (Å²) in [5.41, 5.74) is 7.06. The maximum absolute atomic E-state index is 13.8. The average molecular weight is 536 g/mol. The number of carbonyl (C=O) groups excluding carboxylic acids is 1. The second kappa shape index (κ2) is 10.4. The molecule has 1 amide bonds. The van der Waals surface area contributed by atoms with Gasteiger partial charge in [0.25, 0.3) is 0 Å². The normalized spacial score (nSPS) is 24.6. The van der Waals surface area contributed by atoms with Crippen LogP contribution in [0, 0.1) is 11.7 Å². The summed E-state index contributed by atoms with van der Waals surface area (Å²) in [5, 5.41) is 16.8. The molecule has 2 heterocycles. The van der Waals surface area contributed by atoms with Crippen molar-refractivity contribution in [3.63, 3.8) is 0 Å². The number of imidazole rings is 1. The summed E-state index contributed by atoms with van der Waals surface area (Å²) in [4.78, 5) is 25.6. The predicted molar refractivity (Wildman–Crippen MR) is 137 cm³/mol. The zero-order valence-corrected chi connectivity index (χ0v) is 21.1. The summed E-state index contributed by atoms with van der Waals surface area (Å²) < 4.78 is 15.7. The zero-order chi connectivity index (χ0) is 25.4. The van der Waals surface area contributed by atoms with Crippen LogP contribution in [0.4, 0.5) is 22.0 Å². The van der Waals surface area contributed by atoms with Gasteiger partial charge in [-0.15, -0.1) is 0 Å². The van der Waals surface area contributed by atoms with Crippen LogP contribution in [0.2, 0.25) is 10.0 Å². The van der Waals surface area contributed by atoms with Crippen molar-refractivity contribution >= 4 is 57.9 Å². The molecule has 12 heteroatoms. The molecule has 2 aliphatic rings. The number of hydrogen-bond acceptors (Lipinski definition) is 7. The lowest BCUT2D eigenvalue weighted by molar-refractivity contribution is -0.122. The van der Waals surface area contributed by atoms with Crippen molar-refractivity contribution in [2.45, 2.75) is 69.6 Å². The van der Waals surface area contributed by atoms with E-state index in [4.69, 9.17) is 38.9 Å². The Labute approximate surface area is 217 Å². The van der Waals surface area contributed by atoms with E-state index < -0.39 is 5.82 Å². The van der Waals surface area contributed by atoms with Gasteiger partial charge in [-0.05, 0) is 63.5 Å². The molecule has 0 spiro atoms. The minimum atomic E-state index is -0.539. The Morgan fingerprint density at radius 1 is 1.11 bits per heavy atom. The first-order valence-corrected chi connectivity index (χ1v) is 12.9. The summed E-state index contributed by atoms with van der Waals surface area (Å²) in [7, 11) is 0. The van der Waals surface area contributed by atoms with Crippen LogP contribution in [0.15, 0.2) is 18.3 Å². The molecular formula is C24H28Cl2FN7O2. The molecule has 2 atom stereocenters. The summed E-state index contributed by atoms with van der Waals surface area (Å²) >= 11 is 12.6. The molecule has 0 radical (unpaired) electrons. The van der Waals surface area contributed by atoms with E-state index in [0.29, 0.717) is 60.9 Å². The van der Waals surface area contributed by atoms with Gasteiger partial charge in [0.05, 0.1) is 28.0 Å². The fourth-order valence-corrected chi connectivity index (χ4v) is 5.82. The Morgan fingerprint density at radius 2 is 1.83 bits per heavy atom. The van der Waals surface area contributed by atoms with Gasteiger partial charge in [0.1, 0.15) is 11.3 Å². The number of fused-ring (bicyclic) bond motifs is 1. The van der Waals surface area contributed by atoms with Crippen molar-refractivity contribution in [2.24, 2.45) is 11.7 Å². The van der Waals surface area contributed by atoms with E-state index in [0.717, 1.165) is 19.3 Å². The quantitative estimate of drug-likeness (QED) is 0.351. The first-order valence-electron chi connectivity index (χ1n) is 12.2. The third-order valence-electron chi connectivity index (χ3n) is 7.12. The number of aromatic nitrogens is 4. The van der Waals surface area contributed by atoms with E-state index in [1.807, 2.05) is 4.57 Å². The van der Waals surface area contributed by atoms with E-state index >= 15 is 0 Å². The number of aliphatic hydroxyl groups is 1. The molecule has 0 saturated heterocycles. The van der Waals surface area contributed by atoms with Gasteiger partial charge >= 0.3 is 0 Å². The molecule has 2 aliphatic carbocycles. The van der Waals surface area contributed by atoms with Crippen LogP contribution in [-0.2, 0) is 4.79 Å². The molecule has 36 heavy (non-hydrogen) atoms. The van der Waals surface area contributed by atoms with Gasteiger partial charge in [-0.1, -0.05) is 23.2 Å². The second-order valence-electron chi connectivity index (χ2n) is 9.65. The number of benzene rings is 1. The number of halogens is 3. The predicted octanol–water partition coefficient (Wildman–Crippen LogP) is 4.95. The molecule has 0 aliphatic heterocycles. The lowest BCUT2D eigenvalue weighted by atomic mass is 9.85. The molecule has 5 N–H and O–H groups in total. The van der Waals surface area contributed by atoms with Gasteiger partial charge < -0.3 is 21.5 Å². The smallest absolute Gasteiger partial charge is 0.224 e. The number of nitrogens with zero attached hydrogens (tertiary/aromatic N) is 4. The van der Waals surface area contributed by atoms with Crippen molar-refractivity contribution in [2.75, 3.05) is 10.6 Å². The van der Waals surface area contributed by atoms with E-state index in [1.165, 1.54) is 12.1 Å². The minimum Gasteiger partial charge on any atom is -0.393 e. The van der Waals surface area contributed by atoms with Crippen LogP contribution < -0.4 is 16.4 Å². The Kier molecular flexibility index (Phi) is 7.18. The molecule has 5 rings (SSSR count). The van der Waals surface area contributed by atoms with Crippen LogP contribution in [0.1, 0.15) is 57.4 Å². The Balaban J connectivity index is 1.51. The monoisotopic (exact) mass is 535 g/mol. The Hall–Kier alpha value is -2.69. The number of amides is 1. The second-order valence-corrected chi connectivity index (χ2v) is 10.5. The van der Waals surface area contributed by atoms with Crippen molar-refractivity contribution in [1.29, 1.82) is 0 Å². The molecule has 2 saturated carbocycles. The highest BCUT2D eigenvalue weighted by Crippen LogP contribution is 2.39. The van der Waals surface area contributed by atoms with Crippen LogP contribution in [-0.4, -0.2) is 42.7 Å². The highest BCUT2D eigenvalue weighted by molar-refractivity contribution is 6.39. The van der Waals surface area contributed by atoms with Gasteiger partial charge in [0, 0.05) is 18.0 Å². The van der Waals surface area contributed by atoms with Crippen LogP contribution in [0.5, 0.6) is 0 Å². The SMILES string of the molecule is NC(=O)C1CCC(n2c(Nc3c(Cl)cc(F)cc3Cl)nc3cnc(N[C@H]4CCC[C@@H](O)C4)nc32)CC1. The number of nitrogens with two attached hydrogens (primary N) is 1. The molecule has 2 fully saturated rings. The molecule has 2 aromatic heterocycles. The number of rotatable bonds is 6. The van der Waals surface area contributed by atoms with Crippen molar-refractivity contribution in [3.8, 4) is 0 Å².